The molecule has 0 aromatic heterocycles. The van der Waals surface area contributed by atoms with E-state index >= 15 is 4.39 Å². The van der Waals surface area contributed by atoms with Gasteiger partial charge in [-0.3, -0.25) is 14.5 Å². The minimum absolute atomic E-state index is 0.00116. The fourth-order valence-corrected chi connectivity index (χ4v) is 18.4. The minimum Gasteiger partial charge on any atom is -0.462 e. The van der Waals surface area contributed by atoms with Crippen LogP contribution in [-0.4, -0.2) is 80.3 Å². The maximum absolute atomic E-state index is 15.5. The van der Waals surface area contributed by atoms with Crippen molar-refractivity contribution in [2.24, 2.45) is 73.9 Å². The Labute approximate surface area is 379 Å². The second kappa shape index (κ2) is 15.8. The van der Waals surface area contributed by atoms with Crippen molar-refractivity contribution in [3.63, 3.8) is 0 Å². The summed E-state index contributed by atoms with van der Waals surface area (Å²) < 4.78 is 52.5. The first-order valence-electron chi connectivity index (χ1n) is 25.3. The maximum Gasteiger partial charge on any atom is 0.309 e. The molecule has 1 N–H and O–H groups in total. The first-order chi connectivity index (χ1) is 29.5. The Balaban J connectivity index is 0.892. The van der Waals surface area contributed by atoms with Gasteiger partial charge < -0.3 is 14.8 Å². The third-order valence-corrected chi connectivity index (χ3v) is 23.3. The first-order valence-corrected chi connectivity index (χ1v) is 27.1. The number of nitrogens with zero attached hydrogens (tertiary/aromatic N) is 1. The summed E-state index contributed by atoms with van der Waals surface area (Å²) in [7, 11) is -3.04. The zero-order valence-corrected chi connectivity index (χ0v) is 41.1. The van der Waals surface area contributed by atoms with Crippen LogP contribution in [0, 0.1) is 73.9 Å². The molecule has 14 atom stereocenters. The summed E-state index contributed by atoms with van der Waals surface area (Å²) in [5.41, 5.74) is 1.21. The Bertz CT molecular complexity index is 2010. The summed E-state index contributed by atoms with van der Waals surface area (Å²) in [4.78, 5) is 29.4. The van der Waals surface area contributed by atoms with Crippen LogP contribution < -0.4 is 5.32 Å². The number of nitrogens with one attached hydrogen (secondary N) is 1. The quantitative estimate of drug-likeness (QED) is 0.219. The number of sulfone groups is 1. The number of carbonyl (C=O) groups is 2. The minimum atomic E-state index is -3.04. The van der Waals surface area contributed by atoms with Gasteiger partial charge in [-0.1, -0.05) is 85.7 Å². The molecule has 10 heteroatoms. The monoisotopic (exact) mass is 893 g/mol. The number of halogens is 1. The highest BCUT2D eigenvalue weighted by Gasteiger charge is 2.72. The van der Waals surface area contributed by atoms with Gasteiger partial charge in [-0.25, -0.2) is 12.8 Å². The number of hydrogen-bond donors (Lipinski definition) is 1. The molecule has 9 rings (SSSR count). The summed E-state index contributed by atoms with van der Waals surface area (Å²) in [5, 5.41) is 4.19. The molecule has 1 aliphatic heterocycles. The lowest BCUT2D eigenvalue weighted by Crippen LogP contribution is -2.69. The molecule has 1 aromatic carbocycles. The fourth-order valence-electron chi connectivity index (χ4n) is 17.2. The molecule has 63 heavy (non-hydrogen) atoms. The van der Waals surface area contributed by atoms with E-state index in [1.165, 1.54) is 44.9 Å². The van der Waals surface area contributed by atoms with E-state index in [4.69, 9.17) is 9.47 Å². The standard InChI is InChI=1S/C53H81FN2O6S/c1-34(54)40(56-27-29-63(59,60)30-28-56)32-55-53-22-17-36(49(6)23-24-49)44(53)37-15-16-42-50(7)20-19-43(48(4,5)41(50)18-21-52(42,9)51(37,8)25-26-53)62-46(58)39-31-38(47(39,2)3)45(57)61-33-35-13-11-10-12-14-35/h10-14,34,36-44,55H,15-33H2,1-9H3/t34-,36?,37+,38-,39+,40?,41-,42+,43-,44+,50-,51+,52+,53-/m0/s1. The summed E-state index contributed by atoms with van der Waals surface area (Å²) >= 11 is 0. The van der Waals surface area contributed by atoms with Crippen LogP contribution in [-0.2, 0) is 35.5 Å². The van der Waals surface area contributed by atoms with Crippen LogP contribution in [0.15, 0.2) is 30.3 Å². The van der Waals surface area contributed by atoms with Crippen molar-refractivity contribution in [2.75, 3.05) is 31.1 Å². The highest BCUT2D eigenvalue weighted by atomic mass is 32.2. The van der Waals surface area contributed by atoms with E-state index in [9.17, 15) is 18.0 Å². The Kier molecular flexibility index (Phi) is 11.5. The van der Waals surface area contributed by atoms with Crippen LogP contribution >= 0.6 is 0 Å². The molecule has 2 unspecified atom stereocenters. The van der Waals surface area contributed by atoms with Gasteiger partial charge in [0.15, 0.2) is 9.84 Å². The predicted molar refractivity (Wildman–Crippen MR) is 246 cm³/mol. The van der Waals surface area contributed by atoms with Crippen LogP contribution in [0.4, 0.5) is 4.39 Å². The van der Waals surface area contributed by atoms with Crippen LogP contribution in [0.3, 0.4) is 0 Å². The van der Waals surface area contributed by atoms with Gasteiger partial charge in [-0.15, -0.1) is 0 Å². The number of fused-ring (bicyclic) bond motifs is 7. The maximum atomic E-state index is 15.5. The Morgan fingerprint density at radius 3 is 2.10 bits per heavy atom. The molecule has 1 saturated heterocycles. The lowest BCUT2D eigenvalue weighted by Gasteiger charge is -2.73. The smallest absolute Gasteiger partial charge is 0.309 e. The van der Waals surface area contributed by atoms with Gasteiger partial charge in [0, 0.05) is 30.6 Å². The van der Waals surface area contributed by atoms with Gasteiger partial charge in [-0.2, -0.15) is 0 Å². The molecule has 7 aliphatic carbocycles. The number of hydrogen-bond acceptors (Lipinski definition) is 8. The molecule has 352 valence electrons. The van der Waals surface area contributed by atoms with Crippen molar-refractivity contribution in [3.8, 4) is 0 Å². The molecule has 0 spiro atoms. The molecule has 8 nitrogen and oxygen atoms in total. The van der Waals surface area contributed by atoms with Crippen molar-refractivity contribution in [1.82, 2.24) is 10.2 Å². The molecule has 8 aliphatic rings. The van der Waals surface area contributed by atoms with E-state index in [1.807, 2.05) is 44.2 Å². The van der Waals surface area contributed by atoms with Gasteiger partial charge in [0.2, 0.25) is 0 Å². The summed E-state index contributed by atoms with van der Waals surface area (Å²) in [6.45, 7) is 22.7. The Morgan fingerprint density at radius 2 is 1.44 bits per heavy atom. The third kappa shape index (κ3) is 7.40. The Morgan fingerprint density at radius 1 is 0.762 bits per heavy atom. The van der Waals surface area contributed by atoms with Crippen LogP contribution in [0.1, 0.15) is 151 Å². The lowest BCUT2D eigenvalue weighted by molar-refractivity contribution is -0.250. The average molecular weight is 893 g/mol. The second-order valence-electron chi connectivity index (χ2n) is 25.0. The molecule has 7 saturated carbocycles. The number of alkyl halides is 1. The van der Waals surface area contributed by atoms with Crippen molar-refractivity contribution in [1.29, 1.82) is 0 Å². The van der Waals surface area contributed by atoms with Crippen molar-refractivity contribution in [3.05, 3.63) is 35.9 Å². The first kappa shape index (κ1) is 46.1. The molecule has 1 aromatic rings. The van der Waals surface area contributed by atoms with Gasteiger partial charge in [-0.05, 0) is 153 Å². The van der Waals surface area contributed by atoms with Gasteiger partial charge in [0.05, 0.1) is 29.4 Å². The number of ether oxygens (including phenoxy) is 2. The molecule has 0 radical (unpaired) electrons. The van der Waals surface area contributed by atoms with E-state index < -0.39 is 21.4 Å². The van der Waals surface area contributed by atoms with E-state index in [-0.39, 0.29) is 81.2 Å². The molecular weight excluding hydrogens is 812 g/mol. The van der Waals surface area contributed by atoms with E-state index in [1.54, 1.807) is 6.92 Å². The highest BCUT2D eigenvalue weighted by Crippen LogP contribution is 2.78. The zero-order chi connectivity index (χ0) is 45.2. The summed E-state index contributed by atoms with van der Waals surface area (Å²) in [6, 6.07) is 9.43. The molecule has 8 fully saturated rings. The summed E-state index contributed by atoms with van der Waals surface area (Å²) in [5.74, 6) is 2.15. The number of rotatable bonds is 11. The average Bonchev–Trinajstić information content (AvgIpc) is 3.85. The van der Waals surface area contributed by atoms with Gasteiger partial charge in [0.25, 0.3) is 0 Å². The number of carbonyl (C=O) groups excluding carboxylic acids is 2. The van der Waals surface area contributed by atoms with Crippen LogP contribution in [0.2, 0.25) is 0 Å². The summed E-state index contributed by atoms with van der Waals surface area (Å²) in [6.07, 6.45) is 13.5. The molecule has 1 heterocycles. The normalized spacial score (nSPS) is 44.0. The van der Waals surface area contributed by atoms with E-state index in [0.717, 1.165) is 37.7 Å². The van der Waals surface area contributed by atoms with E-state index in [0.29, 0.717) is 61.1 Å². The highest BCUT2D eigenvalue weighted by molar-refractivity contribution is 7.91. The van der Waals surface area contributed by atoms with Gasteiger partial charge >= 0.3 is 11.9 Å². The van der Waals surface area contributed by atoms with Crippen molar-refractivity contribution >= 4 is 21.8 Å². The van der Waals surface area contributed by atoms with Crippen LogP contribution in [0.25, 0.3) is 0 Å². The topological polar surface area (TPSA) is 102 Å². The fraction of sp³-hybridized carbons (Fsp3) is 0.849. The van der Waals surface area contributed by atoms with Crippen molar-refractivity contribution < 1.29 is 31.9 Å². The van der Waals surface area contributed by atoms with Crippen LogP contribution in [0.5, 0.6) is 0 Å². The van der Waals surface area contributed by atoms with Crippen molar-refractivity contribution in [2.45, 2.75) is 176 Å². The lowest BCUT2D eigenvalue weighted by atomic mass is 9.32. The third-order valence-electron chi connectivity index (χ3n) is 21.7. The second-order valence-corrected chi connectivity index (χ2v) is 27.3. The number of esters is 2. The predicted octanol–water partition coefficient (Wildman–Crippen LogP) is 9.98. The largest absolute Gasteiger partial charge is 0.462 e. The number of benzene rings is 1. The molecular formula is C53H81FN2O6S. The molecule has 0 bridgehead atoms. The van der Waals surface area contributed by atoms with E-state index in [2.05, 4.69) is 51.8 Å². The zero-order valence-electron chi connectivity index (χ0n) is 40.3. The van der Waals surface area contributed by atoms with Gasteiger partial charge in [0.1, 0.15) is 18.9 Å². The molecule has 0 amide bonds. The Hall–Kier alpha value is -2.04. The SMILES string of the molecule is C[C@H](F)C(CN[C@]12CCC(C3(C)CC3)[C@@H]1[C@H]1CC[C@@H]3[C@@]4(C)CC[C@H](OC(=O)[C@H]5C[C@@H](C(=O)OCc6ccccc6)C5(C)C)C(C)(C)[C@@H]4CC[C@@]3(C)[C@]1(C)CC2)N1CCS(=O)(=O)CC1.